The van der Waals surface area contributed by atoms with Gasteiger partial charge in [0.25, 0.3) is 5.91 Å². The van der Waals surface area contributed by atoms with Gasteiger partial charge in [-0.15, -0.1) is 0 Å². The number of carbonyl (C=O) groups is 2. The number of hydrogen-bond donors (Lipinski definition) is 2. The van der Waals surface area contributed by atoms with Crippen LogP contribution >= 0.6 is 0 Å². The molecule has 122 valence electrons. The lowest BCUT2D eigenvalue weighted by Gasteiger charge is -2.24. The maximum absolute atomic E-state index is 11.9. The SMILES string of the molecule is CN(CCCNC(=O)c1ccc(N)cc1)C(=O)OC(C)(C)C. The quantitative estimate of drug-likeness (QED) is 0.645. The predicted octanol–water partition coefficient (Wildman–Crippen LogP) is 2.26. The molecule has 3 N–H and O–H groups in total. The third kappa shape index (κ3) is 6.47. The van der Waals surface area contributed by atoms with Gasteiger partial charge in [0.2, 0.25) is 0 Å². The lowest BCUT2D eigenvalue weighted by molar-refractivity contribution is 0.0297. The Balaban J connectivity index is 2.28. The van der Waals surface area contributed by atoms with Crippen LogP contribution in [-0.4, -0.2) is 42.6 Å². The maximum Gasteiger partial charge on any atom is 0.410 e. The maximum atomic E-state index is 11.9. The van der Waals surface area contributed by atoms with E-state index in [1.807, 2.05) is 20.8 Å². The Morgan fingerprint density at radius 3 is 2.36 bits per heavy atom. The third-order valence-corrected chi connectivity index (χ3v) is 2.83. The lowest BCUT2D eigenvalue weighted by atomic mass is 10.2. The van der Waals surface area contributed by atoms with Gasteiger partial charge in [0.15, 0.2) is 0 Å². The van der Waals surface area contributed by atoms with E-state index in [0.717, 1.165) is 0 Å². The van der Waals surface area contributed by atoms with Gasteiger partial charge < -0.3 is 20.7 Å². The van der Waals surface area contributed by atoms with E-state index >= 15 is 0 Å². The van der Waals surface area contributed by atoms with Crippen LogP contribution in [0.15, 0.2) is 24.3 Å². The second kappa shape index (κ2) is 7.68. The van der Waals surface area contributed by atoms with Crippen LogP contribution in [0.5, 0.6) is 0 Å². The molecule has 0 radical (unpaired) electrons. The lowest BCUT2D eigenvalue weighted by Crippen LogP contribution is -2.36. The fourth-order valence-electron chi connectivity index (χ4n) is 1.69. The van der Waals surface area contributed by atoms with Gasteiger partial charge in [-0.3, -0.25) is 4.79 Å². The van der Waals surface area contributed by atoms with Gasteiger partial charge in [-0.1, -0.05) is 0 Å². The first-order valence-electron chi connectivity index (χ1n) is 7.27. The molecule has 6 heteroatoms. The Morgan fingerprint density at radius 1 is 1.23 bits per heavy atom. The largest absolute Gasteiger partial charge is 0.444 e. The molecule has 0 atom stereocenters. The Hall–Kier alpha value is -2.24. The van der Waals surface area contributed by atoms with Crippen molar-refractivity contribution in [2.45, 2.75) is 32.8 Å². The number of anilines is 1. The molecule has 1 rings (SSSR count). The van der Waals surface area contributed by atoms with Crippen molar-refractivity contribution >= 4 is 17.7 Å². The van der Waals surface area contributed by atoms with Gasteiger partial charge in [0.1, 0.15) is 5.60 Å². The van der Waals surface area contributed by atoms with Crippen molar-refractivity contribution in [2.75, 3.05) is 25.9 Å². The summed E-state index contributed by atoms with van der Waals surface area (Å²) in [4.78, 5) is 25.1. The number of nitrogens with one attached hydrogen (secondary N) is 1. The van der Waals surface area contributed by atoms with Gasteiger partial charge in [0, 0.05) is 31.4 Å². The molecule has 0 bridgehead atoms. The van der Waals surface area contributed by atoms with Crippen LogP contribution in [0.4, 0.5) is 10.5 Å². The first kappa shape index (κ1) is 17.8. The molecule has 0 aliphatic heterocycles. The third-order valence-electron chi connectivity index (χ3n) is 2.83. The first-order valence-corrected chi connectivity index (χ1v) is 7.27. The Labute approximate surface area is 131 Å². The molecule has 0 aliphatic carbocycles. The summed E-state index contributed by atoms with van der Waals surface area (Å²) in [6.45, 7) is 6.47. The minimum Gasteiger partial charge on any atom is -0.444 e. The molecule has 2 amide bonds. The molecule has 1 aromatic carbocycles. The second-order valence-corrected chi connectivity index (χ2v) is 6.13. The highest BCUT2D eigenvalue weighted by Gasteiger charge is 2.19. The monoisotopic (exact) mass is 307 g/mol. The number of rotatable bonds is 5. The molecule has 6 nitrogen and oxygen atoms in total. The van der Waals surface area contributed by atoms with Crippen molar-refractivity contribution in [2.24, 2.45) is 0 Å². The van der Waals surface area contributed by atoms with Crippen LogP contribution in [-0.2, 0) is 4.74 Å². The number of amides is 2. The predicted molar refractivity (Wildman–Crippen MR) is 86.7 cm³/mol. The standard InChI is InChI=1S/C16H25N3O3/c1-16(2,3)22-15(21)19(4)11-5-10-18-14(20)12-6-8-13(17)9-7-12/h6-9H,5,10-11,17H2,1-4H3,(H,18,20). The molecule has 0 saturated carbocycles. The number of ether oxygens (including phenoxy) is 1. The molecule has 0 aliphatic rings. The number of hydrogen-bond acceptors (Lipinski definition) is 4. The smallest absolute Gasteiger partial charge is 0.410 e. The van der Waals surface area contributed by atoms with Gasteiger partial charge in [-0.2, -0.15) is 0 Å². The first-order chi connectivity index (χ1) is 10.2. The van der Waals surface area contributed by atoms with E-state index < -0.39 is 5.60 Å². The average molecular weight is 307 g/mol. The number of nitrogens with zero attached hydrogens (tertiary/aromatic N) is 1. The highest BCUT2D eigenvalue weighted by atomic mass is 16.6. The van der Waals surface area contributed by atoms with Crippen LogP contribution in [0, 0.1) is 0 Å². The summed E-state index contributed by atoms with van der Waals surface area (Å²) < 4.78 is 5.25. The molecule has 0 saturated heterocycles. The van der Waals surface area contributed by atoms with E-state index in [0.29, 0.717) is 30.8 Å². The van der Waals surface area contributed by atoms with E-state index in [1.165, 1.54) is 4.90 Å². The van der Waals surface area contributed by atoms with E-state index in [2.05, 4.69) is 5.32 Å². The zero-order chi connectivity index (χ0) is 16.8. The number of nitrogen functional groups attached to an aromatic ring is 1. The van der Waals surface area contributed by atoms with Crippen LogP contribution in [0.25, 0.3) is 0 Å². The van der Waals surface area contributed by atoms with Gasteiger partial charge in [-0.05, 0) is 51.5 Å². The van der Waals surface area contributed by atoms with Crippen molar-refractivity contribution in [3.63, 3.8) is 0 Å². The van der Waals surface area contributed by atoms with Crippen molar-refractivity contribution in [1.29, 1.82) is 0 Å². The molecule has 0 fully saturated rings. The van der Waals surface area contributed by atoms with E-state index in [1.54, 1.807) is 31.3 Å². The summed E-state index contributed by atoms with van der Waals surface area (Å²) >= 11 is 0. The van der Waals surface area contributed by atoms with Crippen LogP contribution in [0.3, 0.4) is 0 Å². The van der Waals surface area contributed by atoms with Crippen LogP contribution in [0.2, 0.25) is 0 Å². The molecule has 0 unspecified atom stereocenters. The molecule has 22 heavy (non-hydrogen) atoms. The van der Waals surface area contributed by atoms with Crippen molar-refractivity contribution in [3.05, 3.63) is 29.8 Å². The van der Waals surface area contributed by atoms with Gasteiger partial charge >= 0.3 is 6.09 Å². The molecule has 0 spiro atoms. The van der Waals surface area contributed by atoms with Crippen molar-refractivity contribution in [1.82, 2.24) is 10.2 Å². The molecule has 0 heterocycles. The number of nitrogens with two attached hydrogens (primary N) is 1. The zero-order valence-electron chi connectivity index (χ0n) is 13.7. The molecular formula is C16H25N3O3. The highest BCUT2D eigenvalue weighted by Crippen LogP contribution is 2.09. The molecule has 1 aromatic rings. The summed E-state index contributed by atoms with van der Waals surface area (Å²) in [6, 6.07) is 6.73. The Bertz CT molecular complexity index is 506. The normalized spacial score (nSPS) is 10.9. The van der Waals surface area contributed by atoms with E-state index in [-0.39, 0.29) is 12.0 Å². The summed E-state index contributed by atoms with van der Waals surface area (Å²) in [5, 5.41) is 2.80. The fourth-order valence-corrected chi connectivity index (χ4v) is 1.69. The fraction of sp³-hybridized carbons (Fsp3) is 0.500. The van der Waals surface area contributed by atoms with Crippen molar-refractivity contribution < 1.29 is 14.3 Å². The summed E-state index contributed by atoms with van der Waals surface area (Å²) in [6.07, 6.45) is 0.286. The molecule has 0 aromatic heterocycles. The highest BCUT2D eigenvalue weighted by molar-refractivity contribution is 5.94. The van der Waals surface area contributed by atoms with Crippen molar-refractivity contribution in [3.8, 4) is 0 Å². The Morgan fingerprint density at radius 2 is 1.82 bits per heavy atom. The van der Waals surface area contributed by atoms with Gasteiger partial charge in [0.05, 0.1) is 0 Å². The van der Waals surface area contributed by atoms with Crippen LogP contribution in [0.1, 0.15) is 37.6 Å². The summed E-state index contributed by atoms with van der Waals surface area (Å²) in [5.41, 5.74) is 6.25. The number of carbonyl (C=O) groups excluding carboxylic acids is 2. The zero-order valence-corrected chi connectivity index (χ0v) is 13.7. The van der Waals surface area contributed by atoms with E-state index in [4.69, 9.17) is 10.5 Å². The molecular weight excluding hydrogens is 282 g/mol. The number of benzene rings is 1. The van der Waals surface area contributed by atoms with Crippen LogP contribution < -0.4 is 11.1 Å². The van der Waals surface area contributed by atoms with Gasteiger partial charge in [-0.25, -0.2) is 4.79 Å². The second-order valence-electron chi connectivity index (χ2n) is 6.13. The average Bonchev–Trinajstić information content (AvgIpc) is 2.42. The summed E-state index contributed by atoms with van der Waals surface area (Å²) in [5.74, 6) is -0.153. The summed E-state index contributed by atoms with van der Waals surface area (Å²) in [7, 11) is 1.68. The minimum atomic E-state index is -0.505. The van der Waals surface area contributed by atoms with E-state index in [9.17, 15) is 9.59 Å². The topological polar surface area (TPSA) is 84.7 Å². The minimum absolute atomic E-state index is 0.153. The Kier molecular flexibility index (Phi) is 6.22.